The van der Waals surface area contributed by atoms with Gasteiger partial charge in [-0.25, -0.2) is 0 Å². The third-order valence-corrected chi connectivity index (χ3v) is 3.05. The van der Waals surface area contributed by atoms with E-state index in [1.54, 1.807) is 20.3 Å². The van der Waals surface area contributed by atoms with Crippen LogP contribution in [0, 0.1) is 0 Å². The Labute approximate surface area is 111 Å². The van der Waals surface area contributed by atoms with Gasteiger partial charge in [0, 0.05) is 5.56 Å². The lowest BCUT2D eigenvalue weighted by atomic mass is 10.0. The van der Waals surface area contributed by atoms with E-state index in [0.717, 1.165) is 22.6 Å². The van der Waals surface area contributed by atoms with Gasteiger partial charge in [-0.15, -0.1) is 0 Å². The van der Waals surface area contributed by atoms with Crippen LogP contribution in [0.25, 0.3) is 11.1 Å². The number of nitrogen functional groups attached to an aromatic ring is 1. The quantitative estimate of drug-likeness (QED) is 0.861. The van der Waals surface area contributed by atoms with Gasteiger partial charge >= 0.3 is 0 Å². The summed E-state index contributed by atoms with van der Waals surface area (Å²) in [5, 5.41) is 0.525. The highest BCUT2D eigenvalue weighted by atomic mass is 35.5. The van der Waals surface area contributed by atoms with Crippen molar-refractivity contribution in [3.63, 3.8) is 0 Å². The van der Waals surface area contributed by atoms with Crippen molar-refractivity contribution in [2.75, 3.05) is 20.0 Å². The predicted molar refractivity (Wildman–Crippen MR) is 74.4 cm³/mol. The molecule has 0 saturated carbocycles. The summed E-state index contributed by atoms with van der Waals surface area (Å²) in [4.78, 5) is 0. The molecule has 0 fully saturated rings. The van der Waals surface area contributed by atoms with E-state index in [9.17, 15) is 0 Å². The Bertz CT molecular complexity index is 570. The van der Waals surface area contributed by atoms with E-state index in [0.29, 0.717) is 10.7 Å². The number of ether oxygens (including phenoxy) is 2. The third kappa shape index (κ3) is 2.36. The third-order valence-electron chi connectivity index (χ3n) is 2.72. The maximum Gasteiger partial charge on any atom is 0.126 e. The Balaban J connectivity index is 2.57. The van der Waals surface area contributed by atoms with Crippen LogP contribution in [0.2, 0.25) is 5.02 Å². The van der Waals surface area contributed by atoms with Gasteiger partial charge < -0.3 is 15.2 Å². The number of hydrogen-bond acceptors (Lipinski definition) is 3. The van der Waals surface area contributed by atoms with Crippen LogP contribution in [0.5, 0.6) is 11.5 Å². The molecule has 0 aliphatic carbocycles. The molecule has 0 aliphatic heterocycles. The summed E-state index contributed by atoms with van der Waals surface area (Å²) < 4.78 is 10.6. The fourth-order valence-electron chi connectivity index (χ4n) is 1.73. The van der Waals surface area contributed by atoms with E-state index in [2.05, 4.69) is 0 Å². The Kier molecular flexibility index (Phi) is 3.63. The van der Waals surface area contributed by atoms with E-state index >= 15 is 0 Å². The Morgan fingerprint density at radius 1 is 1.00 bits per heavy atom. The van der Waals surface area contributed by atoms with Gasteiger partial charge in [0.05, 0.1) is 24.9 Å². The van der Waals surface area contributed by atoms with Crippen LogP contribution in [0.3, 0.4) is 0 Å². The molecular formula is C14H14ClNO2. The SMILES string of the molecule is COc1ccc(OC)c(-c2ccc(N)c(Cl)c2)c1. The van der Waals surface area contributed by atoms with Crippen molar-refractivity contribution in [2.24, 2.45) is 0 Å². The van der Waals surface area contributed by atoms with Crippen molar-refractivity contribution in [1.29, 1.82) is 0 Å². The zero-order valence-electron chi connectivity index (χ0n) is 10.2. The Morgan fingerprint density at radius 2 is 1.78 bits per heavy atom. The minimum absolute atomic E-state index is 0.525. The van der Waals surface area contributed by atoms with Crippen molar-refractivity contribution < 1.29 is 9.47 Å². The number of nitrogens with two attached hydrogens (primary N) is 1. The fourth-order valence-corrected chi connectivity index (χ4v) is 1.91. The Hall–Kier alpha value is -1.87. The molecule has 18 heavy (non-hydrogen) atoms. The lowest BCUT2D eigenvalue weighted by Gasteiger charge is -2.11. The molecular weight excluding hydrogens is 250 g/mol. The second kappa shape index (κ2) is 5.19. The normalized spacial score (nSPS) is 10.2. The number of rotatable bonds is 3. The molecule has 0 radical (unpaired) electrons. The maximum atomic E-state index is 6.04. The molecule has 0 heterocycles. The van der Waals surface area contributed by atoms with E-state index in [4.69, 9.17) is 26.8 Å². The largest absolute Gasteiger partial charge is 0.497 e. The smallest absolute Gasteiger partial charge is 0.126 e. The zero-order valence-corrected chi connectivity index (χ0v) is 11.0. The first-order valence-corrected chi connectivity index (χ1v) is 5.81. The van der Waals surface area contributed by atoms with Gasteiger partial charge in [-0.05, 0) is 35.9 Å². The molecule has 3 nitrogen and oxygen atoms in total. The van der Waals surface area contributed by atoms with Crippen LogP contribution >= 0.6 is 11.6 Å². The van der Waals surface area contributed by atoms with Gasteiger partial charge in [0.25, 0.3) is 0 Å². The molecule has 0 saturated heterocycles. The molecule has 2 aromatic rings. The highest BCUT2D eigenvalue weighted by molar-refractivity contribution is 6.33. The van der Waals surface area contributed by atoms with Crippen molar-refractivity contribution in [3.05, 3.63) is 41.4 Å². The van der Waals surface area contributed by atoms with Crippen LogP contribution in [-0.2, 0) is 0 Å². The second-order valence-corrected chi connectivity index (χ2v) is 4.21. The lowest BCUT2D eigenvalue weighted by molar-refractivity contribution is 0.404. The van der Waals surface area contributed by atoms with Crippen molar-refractivity contribution in [1.82, 2.24) is 0 Å². The van der Waals surface area contributed by atoms with Crippen LogP contribution in [0.15, 0.2) is 36.4 Å². The zero-order chi connectivity index (χ0) is 13.1. The molecule has 0 bridgehead atoms. The average Bonchev–Trinajstić information content (AvgIpc) is 2.41. The minimum Gasteiger partial charge on any atom is -0.497 e. The number of methoxy groups -OCH3 is 2. The van der Waals surface area contributed by atoms with Gasteiger partial charge in [0.1, 0.15) is 11.5 Å². The van der Waals surface area contributed by atoms with Gasteiger partial charge in [-0.2, -0.15) is 0 Å². The van der Waals surface area contributed by atoms with E-state index in [1.165, 1.54) is 0 Å². The fraction of sp³-hybridized carbons (Fsp3) is 0.143. The molecule has 0 atom stereocenters. The topological polar surface area (TPSA) is 44.5 Å². The predicted octanol–water partition coefficient (Wildman–Crippen LogP) is 3.61. The molecule has 2 aromatic carbocycles. The molecule has 4 heteroatoms. The number of hydrogen-bond donors (Lipinski definition) is 1. The first kappa shape index (κ1) is 12.6. The van der Waals surface area contributed by atoms with Crippen molar-refractivity contribution in [3.8, 4) is 22.6 Å². The van der Waals surface area contributed by atoms with Gasteiger partial charge in [0.2, 0.25) is 0 Å². The summed E-state index contributed by atoms with van der Waals surface area (Å²) in [7, 11) is 3.26. The van der Waals surface area contributed by atoms with Crippen LogP contribution in [0.1, 0.15) is 0 Å². The summed E-state index contributed by atoms with van der Waals surface area (Å²) in [6, 6.07) is 11.1. The average molecular weight is 264 g/mol. The number of halogens is 1. The number of benzene rings is 2. The van der Waals surface area contributed by atoms with E-state index in [-0.39, 0.29) is 0 Å². The van der Waals surface area contributed by atoms with Crippen molar-refractivity contribution >= 4 is 17.3 Å². The standard InChI is InChI=1S/C14H14ClNO2/c1-17-10-4-6-14(18-2)11(8-10)9-3-5-13(16)12(15)7-9/h3-8H,16H2,1-2H3. The summed E-state index contributed by atoms with van der Waals surface area (Å²) >= 11 is 6.04. The summed E-state index contributed by atoms with van der Waals surface area (Å²) in [6.45, 7) is 0. The van der Waals surface area contributed by atoms with E-state index in [1.807, 2.05) is 30.3 Å². The first-order valence-electron chi connectivity index (χ1n) is 5.43. The molecule has 0 aromatic heterocycles. The highest BCUT2D eigenvalue weighted by Crippen LogP contribution is 2.35. The van der Waals surface area contributed by atoms with Crippen LogP contribution in [0.4, 0.5) is 5.69 Å². The monoisotopic (exact) mass is 263 g/mol. The molecule has 2 N–H and O–H groups in total. The highest BCUT2D eigenvalue weighted by Gasteiger charge is 2.09. The van der Waals surface area contributed by atoms with Gasteiger partial charge in [-0.1, -0.05) is 17.7 Å². The second-order valence-electron chi connectivity index (χ2n) is 3.80. The number of anilines is 1. The van der Waals surface area contributed by atoms with Gasteiger partial charge in [0.15, 0.2) is 0 Å². The molecule has 0 unspecified atom stereocenters. The molecule has 0 aliphatic rings. The summed E-state index contributed by atoms with van der Waals surface area (Å²) in [5.74, 6) is 1.52. The Morgan fingerprint density at radius 3 is 2.39 bits per heavy atom. The molecule has 0 spiro atoms. The summed E-state index contributed by atoms with van der Waals surface area (Å²) in [6.07, 6.45) is 0. The molecule has 94 valence electrons. The molecule has 2 rings (SSSR count). The minimum atomic E-state index is 0.525. The van der Waals surface area contributed by atoms with Crippen LogP contribution in [-0.4, -0.2) is 14.2 Å². The summed E-state index contributed by atoms with van der Waals surface area (Å²) in [5.41, 5.74) is 8.11. The van der Waals surface area contributed by atoms with Crippen molar-refractivity contribution in [2.45, 2.75) is 0 Å². The van der Waals surface area contributed by atoms with E-state index < -0.39 is 0 Å². The molecule has 0 amide bonds. The van der Waals surface area contributed by atoms with Gasteiger partial charge in [-0.3, -0.25) is 0 Å². The lowest BCUT2D eigenvalue weighted by Crippen LogP contribution is -1.91. The first-order chi connectivity index (χ1) is 8.65. The maximum absolute atomic E-state index is 6.04. The van der Waals surface area contributed by atoms with Crippen LogP contribution < -0.4 is 15.2 Å².